The summed E-state index contributed by atoms with van der Waals surface area (Å²) in [6.45, 7) is 8.96. The van der Waals surface area contributed by atoms with Crippen LogP contribution >= 0.6 is 0 Å². The molecule has 2 N–H and O–H groups in total. The van der Waals surface area contributed by atoms with Crippen molar-refractivity contribution in [3.8, 4) is 0 Å². The number of hydrogen-bond acceptors (Lipinski definition) is 2. The Morgan fingerprint density at radius 2 is 1.38 bits per heavy atom. The third kappa shape index (κ3) is 3.43. The molecule has 4 heteroatoms. The number of nitrogens with one attached hydrogen (secondary N) is 2. The van der Waals surface area contributed by atoms with Crippen LogP contribution in [0.5, 0.6) is 0 Å². The summed E-state index contributed by atoms with van der Waals surface area (Å²) in [5, 5.41) is 0. The predicted molar refractivity (Wildman–Crippen MR) is 162 cm³/mol. The van der Waals surface area contributed by atoms with Crippen molar-refractivity contribution < 1.29 is 0 Å². The zero-order chi connectivity index (χ0) is 26.4. The summed E-state index contributed by atoms with van der Waals surface area (Å²) in [6, 6.07) is 13.4. The molecule has 0 spiro atoms. The molecule has 10 bridgehead atoms. The third-order valence-electron chi connectivity index (χ3n) is 10.3. The lowest BCUT2D eigenvalue weighted by Crippen LogP contribution is -2.23. The maximum Gasteiger partial charge on any atom is 0.0694 e. The monoisotopic (exact) mass is 512 g/mol. The van der Waals surface area contributed by atoms with Gasteiger partial charge in [-0.05, 0) is 139 Å². The topological polar surface area (TPSA) is 57.4 Å². The molecule has 3 aromatic rings. The number of hydrogen-bond donors (Lipinski definition) is 2. The molecule has 3 aliphatic carbocycles. The van der Waals surface area contributed by atoms with Crippen molar-refractivity contribution in [3.05, 3.63) is 82.5 Å². The van der Waals surface area contributed by atoms with E-state index in [1.165, 1.54) is 50.9 Å². The van der Waals surface area contributed by atoms with E-state index in [0.29, 0.717) is 0 Å². The molecule has 2 unspecified atom stereocenters. The van der Waals surface area contributed by atoms with E-state index in [1.807, 2.05) is 0 Å². The largest absolute Gasteiger partial charge is 0.355 e. The van der Waals surface area contributed by atoms with E-state index in [2.05, 4.69) is 86.2 Å². The maximum absolute atomic E-state index is 5.39. The van der Waals surface area contributed by atoms with Crippen molar-refractivity contribution in [2.45, 2.75) is 59.8 Å². The van der Waals surface area contributed by atoms with Gasteiger partial charge in [0, 0.05) is 22.1 Å². The first-order valence-electron chi connectivity index (χ1n) is 14.8. The van der Waals surface area contributed by atoms with Gasteiger partial charge in [0.05, 0.1) is 22.8 Å². The van der Waals surface area contributed by atoms with Crippen molar-refractivity contribution in [3.63, 3.8) is 0 Å². The molecular weight excluding hydrogens is 476 g/mol. The number of allylic oxidation sites excluding steroid dienone is 6. The summed E-state index contributed by atoms with van der Waals surface area (Å²) in [6.07, 6.45) is 10.6. The van der Waals surface area contributed by atoms with Crippen molar-refractivity contribution in [2.24, 2.45) is 23.7 Å². The first kappa shape index (κ1) is 23.2. The summed E-state index contributed by atoms with van der Waals surface area (Å²) in [4.78, 5) is 17.9. The van der Waals surface area contributed by atoms with Gasteiger partial charge in [0.2, 0.25) is 0 Å². The zero-order valence-electron chi connectivity index (χ0n) is 23.4. The Balaban J connectivity index is 1.44. The van der Waals surface area contributed by atoms with Gasteiger partial charge < -0.3 is 9.97 Å². The molecule has 196 valence electrons. The third-order valence-corrected chi connectivity index (χ3v) is 10.3. The lowest BCUT2D eigenvalue weighted by Gasteiger charge is -2.33. The van der Waals surface area contributed by atoms with Crippen LogP contribution in [0.3, 0.4) is 0 Å². The van der Waals surface area contributed by atoms with Crippen LogP contribution in [-0.2, 0) is 6.42 Å². The molecule has 4 nitrogen and oxygen atoms in total. The Kier molecular flexibility index (Phi) is 5.02. The van der Waals surface area contributed by atoms with Crippen LogP contribution in [0, 0.1) is 30.6 Å². The summed E-state index contributed by atoms with van der Waals surface area (Å²) >= 11 is 0. The van der Waals surface area contributed by atoms with Gasteiger partial charge in [-0.15, -0.1) is 0 Å². The Hall–Kier alpha value is -3.66. The average molecular weight is 513 g/mol. The minimum Gasteiger partial charge on any atom is -0.355 e. The Morgan fingerprint density at radius 3 is 2.08 bits per heavy atom. The second-order valence-electron chi connectivity index (χ2n) is 12.2. The van der Waals surface area contributed by atoms with Gasteiger partial charge in [0.1, 0.15) is 0 Å². The molecule has 39 heavy (non-hydrogen) atoms. The molecule has 8 rings (SSSR count). The minimum atomic E-state index is 0.748. The lowest BCUT2D eigenvalue weighted by molar-refractivity contribution is 0.313. The van der Waals surface area contributed by atoms with E-state index in [1.54, 1.807) is 0 Å². The van der Waals surface area contributed by atoms with Crippen LogP contribution in [0.25, 0.3) is 44.4 Å². The molecule has 0 amide bonds. The number of aromatic nitrogens is 4. The molecule has 3 aromatic heterocycles. The highest BCUT2D eigenvalue weighted by atomic mass is 14.8. The molecule has 1 fully saturated rings. The molecule has 0 aromatic carbocycles. The lowest BCUT2D eigenvalue weighted by atomic mass is 9.70. The van der Waals surface area contributed by atoms with Gasteiger partial charge in [-0.2, -0.15) is 0 Å². The van der Waals surface area contributed by atoms with Crippen molar-refractivity contribution in [2.75, 3.05) is 0 Å². The number of aryl methyl sites for hydroxylation is 2. The van der Waals surface area contributed by atoms with Crippen molar-refractivity contribution in [1.82, 2.24) is 19.9 Å². The molecule has 1 saturated carbocycles. The first-order chi connectivity index (χ1) is 19.0. The zero-order valence-corrected chi connectivity index (χ0v) is 23.4. The van der Waals surface area contributed by atoms with E-state index >= 15 is 0 Å². The molecule has 5 aliphatic rings. The predicted octanol–water partition coefficient (Wildman–Crippen LogP) is 8.67. The number of rotatable bonds is 2. The van der Waals surface area contributed by atoms with Gasteiger partial charge >= 0.3 is 0 Å². The fourth-order valence-electron chi connectivity index (χ4n) is 8.27. The number of fused-ring (bicyclic) bond motifs is 15. The molecule has 5 heterocycles. The highest BCUT2D eigenvalue weighted by molar-refractivity contribution is 5.96. The normalized spacial score (nSPS) is 25.0. The number of nitrogens with zero attached hydrogens (tertiary/aromatic N) is 2. The van der Waals surface area contributed by atoms with E-state index in [-0.39, 0.29) is 0 Å². The Bertz CT molecular complexity index is 1810. The van der Waals surface area contributed by atoms with E-state index < -0.39 is 0 Å². The van der Waals surface area contributed by atoms with Gasteiger partial charge in [-0.1, -0.05) is 26.0 Å². The smallest absolute Gasteiger partial charge is 0.0694 e. The highest BCUT2D eigenvalue weighted by Crippen LogP contribution is 2.58. The molecule has 0 radical (unpaired) electrons. The van der Waals surface area contributed by atoms with Crippen LogP contribution in [-0.4, -0.2) is 19.9 Å². The van der Waals surface area contributed by atoms with Crippen LogP contribution in [0.1, 0.15) is 80.4 Å². The SMILES string of the molecule is CCC1=C(C)c2cc3ccc(cc4[nH]c(cc5nc(cc1n2)C1=C5CC2C(C1)[C@@H]1C=C[C@H]2C1)c(CC)c4C)[nH]3. The fraction of sp³-hybridized carbons (Fsp3) is 0.371. The van der Waals surface area contributed by atoms with E-state index in [0.717, 1.165) is 83.2 Å². The van der Waals surface area contributed by atoms with Crippen LogP contribution in [0.4, 0.5) is 0 Å². The van der Waals surface area contributed by atoms with Crippen LogP contribution in [0.15, 0.2) is 48.6 Å². The number of aromatic amines is 2. The van der Waals surface area contributed by atoms with Gasteiger partial charge in [-0.25, -0.2) is 9.97 Å². The van der Waals surface area contributed by atoms with Crippen LogP contribution < -0.4 is 0 Å². The van der Waals surface area contributed by atoms with Crippen molar-refractivity contribution >= 4 is 44.4 Å². The van der Waals surface area contributed by atoms with Gasteiger partial charge in [-0.3, -0.25) is 0 Å². The molecule has 2 aliphatic heterocycles. The molecule has 4 atom stereocenters. The Labute approximate surface area is 230 Å². The fourth-order valence-corrected chi connectivity index (χ4v) is 8.27. The average Bonchev–Trinajstić information content (AvgIpc) is 3.77. The van der Waals surface area contributed by atoms with E-state index in [9.17, 15) is 0 Å². The highest BCUT2D eigenvalue weighted by Gasteiger charge is 2.48. The van der Waals surface area contributed by atoms with Crippen LogP contribution in [0.2, 0.25) is 0 Å². The van der Waals surface area contributed by atoms with Gasteiger partial charge in [0.25, 0.3) is 0 Å². The standard InChI is InChI=1S/C35H36N4/c1-5-24-18(3)30-12-22-9-10-23(36-22)13-31-19(4)25(6-2)33(38-31)17-35-29-15-27-21-8-7-20(11-21)26(27)14-28(29)34(39-35)16-32(24)37-30/h7-10,12-13,16-17,20-21,26-27,36-37H,5-6,11,14-15H2,1-4H3/t20-,21+,26?,27?/m0/s1. The summed E-state index contributed by atoms with van der Waals surface area (Å²) in [5.74, 6) is 3.02. The quantitative estimate of drug-likeness (QED) is 0.338. The molecule has 0 saturated heterocycles. The second-order valence-corrected chi connectivity index (χ2v) is 12.2. The number of H-pyrrole nitrogens is 2. The Morgan fingerprint density at radius 1 is 0.718 bits per heavy atom. The first-order valence-corrected chi connectivity index (χ1v) is 14.8. The van der Waals surface area contributed by atoms with Gasteiger partial charge in [0.15, 0.2) is 0 Å². The summed E-state index contributed by atoms with van der Waals surface area (Å²) in [5.41, 5.74) is 17.3. The summed E-state index contributed by atoms with van der Waals surface area (Å²) in [7, 11) is 0. The molecular formula is C35H36N4. The maximum atomic E-state index is 5.39. The van der Waals surface area contributed by atoms with E-state index in [4.69, 9.17) is 9.97 Å². The second kappa shape index (κ2) is 8.42. The minimum absolute atomic E-state index is 0.748. The van der Waals surface area contributed by atoms with Crippen molar-refractivity contribution in [1.29, 1.82) is 0 Å². The summed E-state index contributed by atoms with van der Waals surface area (Å²) < 4.78 is 0.